The van der Waals surface area contributed by atoms with Crippen molar-refractivity contribution in [3.05, 3.63) is 18.2 Å². The molecule has 0 fully saturated rings. The highest BCUT2D eigenvalue weighted by Crippen LogP contribution is 2.05. The summed E-state index contributed by atoms with van der Waals surface area (Å²) >= 11 is 0. The minimum atomic E-state index is -0.139. The van der Waals surface area contributed by atoms with Crippen LogP contribution in [0.15, 0.2) is 12.5 Å². The molecule has 1 heterocycles. The number of ether oxygens (including phenoxy) is 1. The number of nitrogens with zero attached hydrogens (tertiary/aromatic N) is 2. The predicted molar refractivity (Wildman–Crippen MR) is 70.2 cm³/mol. The van der Waals surface area contributed by atoms with Crippen molar-refractivity contribution >= 4 is 5.97 Å². The molecule has 0 N–H and O–H groups in total. The Morgan fingerprint density at radius 2 is 2.11 bits per heavy atom. The van der Waals surface area contributed by atoms with E-state index in [2.05, 4.69) is 40.2 Å². The summed E-state index contributed by atoms with van der Waals surface area (Å²) in [6.07, 6.45) is 9.03. The summed E-state index contributed by atoms with van der Waals surface area (Å²) in [7, 11) is 1.44. The van der Waals surface area contributed by atoms with Crippen LogP contribution < -0.4 is 28.5 Å². The molecule has 1 aromatic heterocycles. The van der Waals surface area contributed by atoms with Crippen molar-refractivity contribution in [1.82, 2.24) is 4.57 Å². The zero-order valence-corrected chi connectivity index (χ0v) is 14.4. The Bertz CT molecular complexity index is 378. The average molecular weight is 380 g/mol. The third-order valence-corrected chi connectivity index (χ3v) is 3.02. The van der Waals surface area contributed by atoms with Crippen LogP contribution in [-0.4, -0.2) is 17.6 Å². The molecule has 0 unspecified atom stereocenters. The molecule has 0 aliphatic carbocycles. The summed E-state index contributed by atoms with van der Waals surface area (Å²) in [5, 5.41) is 0. The van der Waals surface area contributed by atoms with Crippen LogP contribution in [0.25, 0.3) is 0 Å². The number of carbonyl (C=O) groups is 1. The molecular weight excluding hydrogens is 355 g/mol. The highest BCUT2D eigenvalue weighted by Gasteiger charge is 2.14. The van der Waals surface area contributed by atoms with E-state index in [9.17, 15) is 4.79 Å². The Kier molecular flexibility index (Phi) is 9.91. The number of hydrogen-bond acceptors (Lipinski definition) is 2. The number of hydrogen-bond donors (Lipinski definition) is 0. The zero-order valence-electron chi connectivity index (χ0n) is 12.2. The largest absolute Gasteiger partial charge is 1.00 e. The SMILES string of the molecule is CCCC[n+]1cc(CCC(=O)OC)n(CCC)c1.[I-]. The van der Waals surface area contributed by atoms with Gasteiger partial charge in [0.1, 0.15) is 11.9 Å². The van der Waals surface area contributed by atoms with Gasteiger partial charge < -0.3 is 28.7 Å². The van der Waals surface area contributed by atoms with Gasteiger partial charge in [0.15, 0.2) is 0 Å². The number of esters is 1. The van der Waals surface area contributed by atoms with Gasteiger partial charge in [-0.3, -0.25) is 4.79 Å². The highest BCUT2D eigenvalue weighted by atomic mass is 127. The second-order valence-corrected chi connectivity index (χ2v) is 4.60. The molecule has 110 valence electrons. The lowest BCUT2D eigenvalue weighted by Crippen LogP contribution is -3.00. The average Bonchev–Trinajstić information content (AvgIpc) is 2.76. The van der Waals surface area contributed by atoms with Gasteiger partial charge in [-0.2, -0.15) is 0 Å². The Morgan fingerprint density at radius 3 is 2.68 bits per heavy atom. The van der Waals surface area contributed by atoms with Crippen molar-refractivity contribution in [3.63, 3.8) is 0 Å². The van der Waals surface area contributed by atoms with Gasteiger partial charge in [0.05, 0.1) is 26.6 Å². The first-order valence-electron chi connectivity index (χ1n) is 6.86. The summed E-state index contributed by atoms with van der Waals surface area (Å²) in [5.41, 5.74) is 1.22. The molecule has 0 atom stereocenters. The third kappa shape index (κ3) is 6.40. The summed E-state index contributed by atoms with van der Waals surface area (Å²) in [4.78, 5) is 11.2. The van der Waals surface area contributed by atoms with Crippen LogP contribution in [0.1, 0.15) is 45.2 Å². The molecule has 0 radical (unpaired) electrons. The van der Waals surface area contributed by atoms with Crippen LogP contribution in [0.2, 0.25) is 0 Å². The van der Waals surface area contributed by atoms with Crippen LogP contribution in [-0.2, 0) is 29.0 Å². The van der Waals surface area contributed by atoms with Gasteiger partial charge in [0.2, 0.25) is 6.33 Å². The molecule has 1 aromatic rings. The molecule has 0 spiro atoms. The molecule has 0 aliphatic heterocycles. The third-order valence-electron chi connectivity index (χ3n) is 3.02. The second kappa shape index (κ2) is 10.2. The topological polar surface area (TPSA) is 35.1 Å². The standard InChI is InChI=1S/C14H25N2O2.HI/c1-4-6-10-15-11-13(7-8-14(17)18-3)16(12-15)9-5-2;/h11-12H,4-10H2,1-3H3;1H/q+1;/p-1. The van der Waals surface area contributed by atoms with Crippen molar-refractivity contribution < 1.29 is 38.1 Å². The van der Waals surface area contributed by atoms with Gasteiger partial charge in [-0.15, -0.1) is 0 Å². The summed E-state index contributed by atoms with van der Waals surface area (Å²) in [6.45, 7) is 6.43. The number of unbranched alkanes of at least 4 members (excludes halogenated alkanes) is 1. The van der Waals surface area contributed by atoms with Crippen molar-refractivity contribution in [2.45, 2.75) is 59.0 Å². The maximum Gasteiger partial charge on any atom is 0.305 e. The Hall–Kier alpha value is -0.590. The zero-order chi connectivity index (χ0) is 13.4. The van der Waals surface area contributed by atoms with E-state index in [1.54, 1.807) is 0 Å². The molecule has 0 aromatic carbocycles. The number of imidazole rings is 1. The van der Waals surface area contributed by atoms with Gasteiger partial charge in [-0.05, 0) is 12.8 Å². The number of aromatic nitrogens is 2. The monoisotopic (exact) mass is 380 g/mol. The first-order valence-corrected chi connectivity index (χ1v) is 6.86. The number of aryl methyl sites for hydroxylation is 3. The van der Waals surface area contributed by atoms with Crippen LogP contribution in [0, 0.1) is 0 Å². The van der Waals surface area contributed by atoms with Gasteiger partial charge in [-0.1, -0.05) is 20.3 Å². The summed E-state index contributed by atoms with van der Waals surface area (Å²) in [5.74, 6) is -0.139. The fraction of sp³-hybridized carbons (Fsp3) is 0.714. The van der Waals surface area contributed by atoms with E-state index in [4.69, 9.17) is 0 Å². The molecule has 0 saturated carbocycles. The molecule has 19 heavy (non-hydrogen) atoms. The lowest BCUT2D eigenvalue weighted by molar-refractivity contribution is -0.697. The summed E-state index contributed by atoms with van der Waals surface area (Å²) in [6, 6.07) is 0. The van der Waals surface area contributed by atoms with Gasteiger partial charge in [0, 0.05) is 6.42 Å². The number of rotatable bonds is 8. The number of methoxy groups -OCH3 is 1. The van der Waals surface area contributed by atoms with Crippen molar-refractivity contribution in [2.75, 3.05) is 7.11 Å². The predicted octanol–water partition coefficient (Wildman–Crippen LogP) is -0.905. The second-order valence-electron chi connectivity index (χ2n) is 4.60. The van der Waals surface area contributed by atoms with E-state index in [-0.39, 0.29) is 29.9 Å². The van der Waals surface area contributed by atoms with E-state index in [1.807, 2.05) is 0 Å². The Morgan fingerprint density at radius 1 is 1.37 bits per heavy atom. The van der Waals surface area contributed by atoms with Crippen LogP contribution in [0.3, 0.4) is 0 Å². The van der Waals surface area contributed by atoms with E-state index >= 15 is 0 Å². The van der Waals surface area contributed by atoms with Gasteiger partial charge >= 0.3 is 5.97 Å². The first-order chi connectivity index (χ1) is 8.71. The molecule has 0 aliphatic rings. The molecule has 5 heteroatoms. The van der Waals surface area contributed by atoms with Gasteiger partial charge in [0.25, 0.3) is 0 Å². The van der Waals surface area contributed by atoms with Crippen molar-refractivity contribution in [3.8, 4) is 0 Å². The molecule has 0 bridgehead atoms. The van der Waals surface area contributed by atoms with Crippen LogP contribution in [0.4, 0.5) is 0 Å². The van der Waals surface area contributed by atoms with Crippen LogP contribution >= 0.6 is 0 Å². The van der Waals surface area contributed by atoms with Gasteiger partial charge in [-0.25, -0.2) is 9.13 Å². The lowest BCUT2D eigenvalue weighted by Gasteiger charge is -1.99. The quantitative estimate of drug-likeness (QED) is 0.333. The Labute approximate surface area is 133 Å². The van der Waals surface area contributed by atoms with Crippen molar-refractivity contribution in [1.29, 1.82) is 0 Å². The van der Waals surface area contributed by atoms with E-state index < -0.39 is 0 Å². The molecule has 0 amide bonds. The molecule has 0 saturated heterocycles. The smallest absolute Gasteiger partial charge is 0.305 e. The molecule has 1 rings (SSSR count). The maximum absolute atomic E-state index is 11.2. The minimum Gasteiger partial charge on any atom is -1.00 e. The van der Waals surface area contributed by atoms with Crippen molar-refractivity contribution in [2.24, 2.45) is 0 Å². The minimum absolute atomic E-state index is 0. The maximum atomic E-state index is 11.2. The fourth-order valence-electron chi connectivity index (χ4n) is 2.00. The lowest BCUT2D eigenvalue weighted by atomic mass is 10.2. The fourth-order valence-corrected chi connectivity index (χ4v) is 2.00. The Balaban J connectivity index is 0.00000324. The van der Waals surface area contributed by atoms with E-state index in [0.717, 1.165) is 25.9 Å². The number of halogens is 1. The molecular formula is C14H25IN2O2. The normalized spacial score (nSPS) is 10.1. The summed E-state index contributed by atoms with van der Waals surface area (Å²) < 4.78 is 9.17. The van der Waals surface area contributed by atoms with E-state index in [0.29, 0.717) is 6.42 Å². The van der Waals surface area contributed by atoms with Crippen LogP contribution in [0.5, 0.6) is 0 Å². The number of carbonyl (C=O) groups excluding carboxylic acids is 1. The molecule has 4 nitrogen and oxygen atoms in total. The highest BCUT2D eigenvalue weighted by molar-refractivity contribution is 5.69. The van der Waals surface area contributed by atoms with E-state index in [1.165, 1.54) is 25.6 Å². The first kappa shape index (κ1) is 18.4.